The van der Waals surface area contributed by atoms with Crippen LogP contribution in [0.4, 0.5) is 4.79 Å². The Hall–Kier alpha value is -1.86. The molecule has 6 nitrogen and oxygen atoms in total. The quantitative estimate of drug-likeness (QED) is 0.701. The average molecular weight is 438 g/mol. The summed E-state index contributed by atoms with van der Waals surface area (Å²) >= 11 is 3.51. The number of hydrogen-bond acceptors (Lipinski definition) is 5. The van der Waals surface area contributed by atoms with Crippen LogP contribution in [0.15, 0.2) is 28.4 Å². The van der Waals surface area contributed by atoms with Crippen LogP contribution in [0.1, 0.15) is 43.7 Å². The molecule has 2 aliphatic rings. The minimum atomic E-state index is -0.811. The van der Waals surface area contributed by atoms with E-state index in [1.54, 1.807) is 6.92 Å². The van der Waals surface area contributed by atoms with Crippen molar-refractivity contribution in [1.82, 2.24) is 5.32 Å². The second kappa shape index (κ2) is 8.02. The molecule has 1 spiro atoms. The number of carbonyl (C=O) groups is 2. The van der Waals surface area contributed by atoms with Crippen LogP contribution in [0.2, 0.25) is 0 Å². The number of hydrogen-bond donors (Lipinski definition) is 2. The van der Waals surface area contributed by atoms with Crippen molar-refractivity contribution >= 4 is 33.6 Å². The van der Waals surface area contributed by atoms with E-state index in [9.17, 15) is 14.7 Å². The van der Waals surface area contributed by atoms with E-state index in [0.29, 0.717) is 29.7 Å². The third-order valence-corrected chi connectivity index (χ3v) is 5.99. The van der Waals surface area contributed by atoms with Crippen molar-refractivity contribution in [1.29, 1.82) is 0 Å². The lowest BCUT2D eigenvalue weighted by molar-refractivity contribution is -0.116. The van der Waals surface area contributed by atoms with Gasteiger partial charge in [0, 0.05) is 16.6 Å². The number of halogens is 1. The zero-order valence-electron chi connectivity index (χ0n) is 15.5. The summed E-state index contributed by atoms with van der Waals surface area (Å²) in [6, 6.07) is 5.71. The van der Waals surface area contributed by atoms with E-state index in [1.807, 2.05) is 25.1 Å². The molecule has 2 N–H and O–H groups in total. The average Bonchev–Trinajstić information content (AvgIpc) is 2.89. The number of aliphatic hydroxyl groups is 1. The fourth-order valence-corrected chi connectivity index (χ4v) is 4.28. The lowest BCUT2D eigenvalue weighted by atomic mass is 9.76. The molecule has 0 radical (unpaired) electrons. The smallest absolute Gasteiger partial charge is 0.434 e. The third kappa shape index (κ3) is 3.89. The Bertz CT molecular complexity index is 781. The van der Waals surface area contributed by atoms with E-state index >= 15 is 0 Å². The van der Waals surface area contributed by atoms with Gasteiger partial charge in [0.2, 0.25) is 0 Å². The molecule has 1 aromatic rings. The van der Waals surface area contributed by atoms with Gasteiger partial charge in [0.15, 0.2) is 0 Å². The highest BCUT2D eigenvalue weighted by Crippen LogP contribution is 2.45. The number of aryl methyl sites for hydroxylation is 1. The lowest BCUT2D eigenvalue weighted by Crippen LogP contribution is -2.48. The van der Waals surface area contributed by atoms with Gasteiger partial charge in [-0.25, -0.2) is 4.79 Å². The summed E-state index contributed by atoms with van der Waals surface area (Å²) < 4.78 is 11.3. The van der Waals surface area contributed by atoms with Gasteiger partial charge in [-0.05, 0) is 57.6 Å². The van der Waals surface area contributed by atoms with Crippen LogP contribution >= 0.6 is 15.9 Å². The van der Waals surface area contributed by atoms with Crippen LogP contribution in [0.3, 0.4) is 0 Å². The van der Waals surface area contributed by atoms with Crippen molar-refractivity contribution in [3.05, 3.63) is 39.6 Å². The number of ether oxygens (including phenoxy) is 2. The predicted octanol–water partition coefficient (Wildman–Crippen LogP) is 3.69. The van der Waals surface area contributed by atoms with Crippen LogP contribution in [-0.4, -0.2) is 35.9 Å². The highest BCUT2D eigenvalue weighted by Gasteiger charge is 2.50. The Kier molecular flexibility index (Phi) is 5.91. The van der Waals surface area contributed by atoms with Gasteiger partial charge in [-0.3, -0.25) is 4.79 Å². The van der Waals surface area contributed by atoms with Crippen LogP contribution in [0.5, 0.6) is 0 Å². The first-order chi connectivity index (χ1) is 12.9. The summed E-state index contributed by atoms with van der Waals surface area (Å²) in [4.78, 5) is 25.1. The van der Waals surface area contributed by atoms with E-state index in [-0.39, 0.29) is 25.0 Å². The molecule has 0 unspecified atom stereocenters. The molecule has 1 fully saturated rings. The van der Waals surface area contributed by atoms with E-state index < -0.39 is 11.7 Å². The molecule has 1 aliphatic heterocycles. The van der Waals surface area contributed by atoms with E-state index in [2.05, 4.69) is 21.2 Å². The minimum absolute atomic E-state index is 0.123. The molecule has 1 amide bonds. The maximum absolute atomic E-state index is 12.9. The van der Waals surface area contributed by atoms with Crippen molar-refractivity contribution in [3.8, 4) is 0 Å². The molecule has 1 heterocycles. The maximum atomic E-state index is 12.9. The second-order valence-electron chi connectivity index (χ2n) is 7.13. The van der Waals surface area contributed by atoms with Gasteiger partial charge in [-0.15, -0.1) is 0 Å². The number of aliphatic hydroxyl groups excluding tert-OH is 1. The van der Waals surface area contributed by atoms with Crippen LogP contribution < -0.4 is 5.32 Å². The Morgan fingerprint density at radius 2 is 2.07 bits per heavy atom. The fraction of sp³-hybridized carbons (Fsp3) is 0.500. The van der Waals surface area contributed by atoms with Crippen molar-refractivity contribution in [2.75, 3.05) is 13.2 Å². The summed E-state index contributed by atoms with van der Waals surface area (Å²) in [5, 5.41) is 12.5. The van der Waals surface area contributed by atoms with Crippen LogP contribution in [0, 0.1) is 12.8 Å². The molecule has 3 rings (SSSR count). The minimum Gasteiger partial charge on any atom is -0.434 e. The van der Waals surface area contributed by atoms with Gasteiger partial charge in [-0.1, -0.05) is 27.6 Å². The van der Waals surface area contributed by atoms with E-state index in [4.69, 9.17) is 9.47 Å². The van der Waals surface area contributed by atoms with Gasteiger partial charge in [-0.2, -0.15) is 0 Å². The molecule has 0 atom stereocenters. The number of rotatable bonds is 4. The Labute approximate surface area is 167 Å². The monoisotopic (exact) mass is 437 g/mol. The summed E-state index contributed by atoms with van der Waals surface area (Å²) in [7, 11) is 0. The molecule has 0 saturated heterocycles. The summed E-state index contributed by atoms with van der Waals surface area (Å²) in [5.41, 5.74) is 1.30. The SMILES string of the molecule is CCOC(=O)OC1=C(c2cc(C)ccc2Br)C(=O)NC12CCC(CO)CC2. The van der Waals surface area contributed by atoms with Gasteiger partial charge < -0.3 is 19.9 Å². The first-order valence-corrected chi connectivity index (χ1v) is 9.98. The number of nitrogens with one attached hydrogen (secondary N) is 1. The van der Waals surface area contributed by atoms with Gasteiger partial charge in [0.05, 0.1) is 17.7 Å². The number of benzene rings is 1. The first kappa shape index (κ1) is 19.9. The topological polar surface area (TPSA) is 84.9 Å². The molecule has 146 valence electrons. The van der Waals surface area contributed by atoms with Crippen molar-refractivity contribution in [3.63, 3.8) is 0 Å². The summed E-state index contributed by atoms with van der Waals surface area (Å²) in [5.74, 6) is 0.266. The van der Waals surface area contributed by atoms with Crippen molar-refractivity contribution < 1.29 is 24.2 Å². The maximum Gasteiger partial charge on any atom is 0.513 e. The Morgan fingerprint density at radius 1 is 1.37 bits per heavy atom. The standard InChI is InChI=1S/C20H24BrNO5/c1-3-26-19(25)27-17-16(14-10-12(2)4-5-15(14)21)18(24)22-20(17)8-6-13(11-23)7-9-20/h4-5,10,13,23H,3,6-9,11H2,1-2H3,(H,22,24). The van der Waals surface area contributed by atoms with Gasteiger partial charge >= 0.3 is 6.16 Å². The Morgan fingerprint density at radius 3 is 2.70 bits per heavy atom. The number of carbonyl (C=O) groups excluding carboxylic acids is 2. The van der Waals surface area contributed by atoms with Crippen molar-refractivity contribution in [2.45, 2.75) is 45.1 Å². The summed E-state index contributed by atoms with van der Waals surface area (Å²) in [6.07, 6.45) is 1.88. The highest BCUT2D eigenvalue weighted by molar-refractivity contribution is 9.10. The zero-order valence-corrected chi connectivity index (χ0v) is 17.1. The Balaban J connectivity index is 2.08. The van der Waals surface area contributed by atoms with Crippen molar-refractivity contribution in [2.24, 2.45) is 5.92 Å². The molecule has 1 aliphatic carbocycles. The molecule has 1 saturated carbocycles. The fourth-order valence-electron chi connectivity index (χ4n) is 3.84. The zero-order chi connectivity index (χ0) is 19.6. The van der Waals surface area contributed by atoms with Crippen LogP contribution in [0.25, 0.3) is 5.57 Å². The molecular formula is C20H24BrNO5. The summed E-state index contributed by atoms with van der Waals surface area (Å²) in [6.45, 7) is 3.96. The van der Waals surface area contributed by atoms with Gasteiger partial charge in [0.25, 0.3) is 5.91 Å². The van der Waals surface area contributed by atoms with Gasteiger partial charge in [0.1, 0.15) is 5.76 Å². The highest BCUT2D eigenvalue weighted by atomic mass is 79.9. The molecule has 0 aromatic heterocycles. The molecule has 27 heavy (non-hydrogen) atoms. The lowest BCUT2D eigenvalue weighted by Gasteiger charge is -2.37. The predicted molar refractivity (Wildman–Crippen MR) is 104 cm³/mol. The second-order valence-corrected chi connectivity index (χ2v) is 7.99. The molecule has 1 aromatic carbocycles. The van der Waals surface area contributed by atoms with Crippen LogP contribution in [-0.2, 0) is 14.3 Å². The molecule has 7 heteroatoms. The normalized spacial score (nSPS) is 24.9. The first-order valence-electron chi connectivity index (χ1n) is 9.19. The molecule has 0 bridgehead atoms. The van der Waals surface area contributed by atoms with E-state index in [1.165, 1.54) is 0 Å². The molecular weight excluding hydrogens is 414 g/mol. The largest absolute Gasteiger partial charge is 0.513 e. The third-order valence-electron chi connectivity index (χ3n) is 5.30. The van der Waals surface area contributed by atoms with E-state index in [0.717, 1.165) is 22.9 Å². The number of amides is 1.